The van der Waals surface area contributed by atoms with Crippen LogP contribution in [0.5, 0.6) is 0 Å². The number of carboxylic acid groups (broad SMARTS) is 1. The van der Waals surface area contributed by atoms with E-state index in [4.69, 9.17) is 0 Å². The van der Waals surface area contributed by atoms with Crippen molar-refractivity contribution in [3.63, 3.8) is 0 Å². The molecule has 5 heteroatoms. The molecule has 0 aromatic heterocycles. The number of amides is 1. The average molecular weight is 307 g/mol. The summed E-state index contributed by atoms with van der Waals surface area (Å²) in [5.41, 5.74) is -0.626. The van der Waals surface area contributed by atoms with Crippen molar-refractivity contribution < 1.29 is 14.7 Å². The Bertz CT molecular complexity index is 529. The summed E-state index contributed by atoms with van der Waals surface area (Å²) in [5, 5.41) is 12.4. The molecule has 0 bridgehead atoms. The molecule has 1 aromatic carbocycles. The molecule has 2 unspecified atom stereocenters. The zero-order valence-corrected chi connectivity index (χ0v) is 13.2. The van der Waals surface area contributed by atoms with Gasteiger partial charge in [0.1, 0.15) is 5.54 Å². The maximum atomic E-state index is 12.4. The van der Waals surface area contributed by atoms with Crippen molar-refractivity contribution in [2.24, 2.45) is 5.92 Å². The van der Waals surface area contributed by atoms with Gasteiger partial charge in [0, 0.05) is 10.5 Å². The number of rotatable bonds is 4. The van der Waals surface area contributed by atoms with E-state index in [1.54, 1.807) is 23.9 Å². The summed E-state index contributed by atoms with van der Waals surface area (Å²) in [7, 11) is 0. The number of benzene rings is 1. The smallest absolute Gasteiger partial charge is 0.329 e. The van der Waals surface area contributed by atoms with E-state index in [0.717, 1.165) is 24.2 Å². The van der Waals surface area contributed by atoms with Gasteiger partial charge in [0.05, 0.1) is 0 Å². The Morgan fingerprint density at radius 2 is 1.95 bits per heavy atom. The van der Waals surface area contributed by atoms with Crippen LogP contribution in [0.3, 0.4) is 0 Å². The third kappa shape index (κ3) is 3.23. The van der Waals surface area contributed by atoms with E-state index in [1.165, 1.54) is 0 Å². The SMILES string of the molecule is CSc1ccc(C(=O)NC2(C(=O)O)CCCCC2C)cc1. The second kappa shape index (κ2) is 6.52. The summed E-state index contributed by atoms with van der Waals surface area (Å²) in [6.07, 6.45) is 5.16. The van der Waals surface area contributed by atoms with Gasteiger partial charge in [-0.2, -0.15) is 0 Å². The van der Waals surface area contributed by atoms with E-state index >= 15 is 0 Å². The normalized spacial score (nSPS) is 25.3. The lowest BCUT2D eigenvalue weighted by atomic mass is 9.73. The Balaban J connectivity index is 2.19. The van der Waals surface area contributed by atoms with Crippen molar-refractivity contribution in [1.29, 1.82) is 0 Å². The predicted octanol–water partition coefficient (Wildman–Crippen LogP) is 3.17. The number of aliphatic carboxylic acids is 1. The first-order chi connectivity index (χ1) is 9.99. The Hall–Kier alpha value is -1.49. The second-order valence-electron chi connectivity index (χ2n) is 5.61. The highest BCUT2D eigenvalue weighted by Gasteiger charge is 2.46. The van der Waals surface area contributed by atoms with Gasteiger partial charge in [0.2, 0.25) is 0 Å². The summed E-state index contributed by atoms with van der Waals surface area (Å²) in [5.74, 6) is -1.29. The fourth-order valence-corrected chi connectivity index (χ4v) is 3.33. The van der Waals surface area contributed by atoms with Crippen molar-refractivity contribution in [2.45, 2.75) is 43.0 Å². The average Bonchev–Trinajstić information content (AvgIpc) is 2.49. The monoisotopic (exact) mass is 307 g/mol. The predicted molar refractivity (Wildman–Crippen MR) is 83.7 cm³/mol. The molecule has 1 fully saturated rings. The number of carbonyl (C=O) groups is 2. The molecule has 2 rings (SSSR count). The largest absolute Gasteiger partial charge is 0.479 e. The fourth-order valence-electron chi connectivity index (χ4n) is 2.92. The molecule has 4 nitrogen and oxygen atoms in total. The maximum Gasteiger partial charge on any atom is 0.329 e. The minimum absolute atomic E-state index is 0.0572. The summed E-state index contributed by atoms with van der Waals surface area (Å²) in [6, 6.07) is 7.23. The zero-order chi connectivity index (χ0) is 15.5. The molecular weight excluding hydrogens is 286 g/mol. The Morgan fingerprint density at radius 1 is 1.29 bits per heavy atom. The highest BCUT2D eigenvalue weighted by molar-refractivity contribution is 7.98. The molecule has 2 atom stereocenters. The van der Waals surface area contributed by atoms with Gasteiger partial charge in [0.15, 0.2) is 0 Å². The highest BCUT2D eigenvalue weighted by atomic mass is 32.2. The molecule has 2 N–H and O–H groups in total. The summed E-state index contributed by atoms with van der Waals surface area (Å²) >= 11 is 1.60. The topological polar surface area (TPSA) is 66.4 Å². The number of hydrogen-bond donors (Lipinski definition) is 2. The first-order valence-electron chi connectivity index (χ1n) is 7.19. The number of thioether (sulfide) groups is 1. The summed E-state index contributed by atoms with van der Waals surface area (Å²) < 4.78 is 0. The van der Waals surface area contributed by atoms with Gasteiger partial charge in [-0.1, -0.05) is 19.8 Å². The van der Waals surface area contributed by atoms with Crippen LogP contribution in [0.25, 0.3) is 0 Å². The summed E-state index contributed by atoms with van der Waals surface area (Å²) in [4.78, 5) is 25.2. The molecule has 21 heavy (non-hydrogen) atoms. The lowest BCUT2D eigenvalue weighted by Crippen LogP contribution is -2.60. The van der Waals surface area contributed by atoms with E-state index in [2.05, 4.69) is 5.32 Å². The number of nitrogens with one attached hydrogen (secondary N) is 1. The van der Waals surface area contributed by atoms with Crippen LogP contribution in [0, 0.1) is 5.92 Å². The Labute approximate surface area is 129 Å². The van der Waals surface area contributed by atoms with Crippen molar-refractivity contribution in [1.82, 2.24) is 5.32 Å². The van der Waals surface area contributed by atoms with Crippen LogP contribution in [0.4, 0.5) is 0 Å². The van der Waals surface area contributed by atoms with Crippen LogP contribution >= 0.6 is 11.8 Å². The third-order valence-corrected chi connectivity index (χ3v) is 5.11. The van der Waals surface area contributed by atoms with Crippen molar-refractivity contribution in [2.75, 3.05) is 6.26 Å². The quantitative estimate of drug-likeness (QED) is 0.839. The summed E-state index contributed by atoms with van der Waals surface area (Å²) in [6.45, 7) is 1.91. The lowest BCUT2D eigenvalue weighted by Gasteiger charge is -2.39. The van der Waals surface area contributed by atoms with Crippen LogP contribution in [0.15, 0.2) is 29.2 Å². The Morgan fingerprint density at radius 3 is 2.48 bits per heavy atom. The van der Waals surface area contributed by atoms with E-state index in [9.17, 15) is 14.7 Å². The zero-order valence-electron chi connectivity index (χ0n) is 12.4. The van der Waals surface area contributed by atoms with Crippen molar-refractivity contribution in [3.05, 3.63) is 29.8 Å². The van der Waals surface area contributed by atoms with Gasteiger partial charge in [-0.15, -0.1) is 11.8 Å². The van der Waals surface area contributed by atoms with Gasteiger partial charge in [0.25, 0.3) is 5.91 Å². The molecule has 114 valence electrons. The number of hydrogen-bond acceptors (Lipinski definition) is 3. The van der Waals surface area contributed by atoms with Crippen molar-refractivity contribution >= 4 is 23.6 Å². The first kappa shape index (κ1) is 15.9. The number of carbonyl (C=O) groups excluding carboxylic acids is 1. The van der Waals surface area contributed by atoms with E-state index < -0.39 is 11.5 Å². The van der Waals surface area contributed by atoms with Crippen LogP contribution in [0.2, 0.25) is 0 Å². The molecule has 0 radical (unpaired) electrons. The standard InChI is InChI=1S/C16H21NO3S/c1-11-5-3-4-10-16(11,15(19)20)17-14(18)12-6-8-13(21-2)9-7-12/h6-9,11H,3-5,10H2,1-2H3,(H,17,18)(H,19,20). The van der Waals surface area contributed by atoms with Gasteiger partial charge >= 0.3 is 5.97 Å². The molecule has 1 aliphatic rings. The fraction of sp³-hybridized carbons (Fsp3) is 0.500. The maximum absolute atomic E-state index is 12.4. The highest BCUT2D eigenvalue weighted by Crippen LogP contribution is 2.34. The van der Waals surface area contributed by atoms with Crippen LogP contribution in [-0.4, -0.2) is 28.8 Å². The van der Waals surface area contributed by atoms with E-state index in [0.29, 0.717) is 12.0 Å². The van der Waals surface area contributed by atoms with Crippen LogP contribution in [0.1, 0.15) is 43.0 Å². The minimum atomic E-state index is -1.13. The molecule has 0 aliphatic heterocycles. The van der Waals surface area contributed by atoms with Crippen LogP contribution < -0.4 is 5.32 Å². The second-order valence-corrected chi connectivity index (χ2v) is 6.49. The molecular formula is C16H21NO3S. The first-order valence-corrected chi connectivity index (χ1v) is 8.42. The molecule has 1 aromatic rings. The number of carboxylic acids is 1. The third-order valence-electron chi connectivity index (χ3n) is 4.37. The van der Waals surface area contributed by atoms with Gasteiger partial charge in [-0.05, 0) is 49.3 Å². The molecule has 1 saturated carbocycles. The molecule has 0 heterocycles. The van der Waals surface area contributed by atoms with Gasteiger partial charge in [-0.3, -0.25) is 4.79 Å². The van der Waals surface area contributed by atoms with Crippen LogP contribution in [-0.2, 0) is 4.79 Å². The van der Waals surface area contributed by atoms with Crippen molar-refractivity contribution in [3.8, 4) is 0 Å². The van der Waals surface area contributed by atoms with Gasteiger partial charge in [-0.25, -0.2) is 4.79 Å². The minimum Gasteiger partial charge on any atom is -0.479 e. The molecule has 1 aliphatic carbocycles. The molecule has 0 saturated heterocycles. The molecule has 0 spiro atoms. The Kier molecular flexibility index (Phi) is 4.93. The van der Waals surface area contributed by atoms with Gasteiger partial charge < -0.3 is 10.4 Å². The van der Waals surface area contributed by atoms with E-state index in [1.807, 2.05) is 25.3 Å². The van der Waals surface area contributed by atoms with E-state index in [-0.39, 0.29) is 11.8 Å². The molecule has 1 amide bonds. The lowest BCUT2D eigenvalue weighted by molar-refractivity contribution is -0.148.